The minimum absolute atomic E-state index is 0.0942. The van der Waals surface area contributed by atoms with Crippen molar-refractivity contribution in [2.75, 3.05) is 25.0 Å². The maximum atomic E-state index is 12.4. The van der Waals surface area contributed by atoms with Gasteiger partial charge in [0, 0.05) is 31.6 Å². The Balaban J connectivity index is 1.96. The number of carbonyl (C=O) groups is 2. The summed E-state index contributed by atoms with van der Waals surface area (Å²) in [6, 6.07) is 8.24. The number of rotatable bonds is 7. The van der Waals surface area contributed by atoms with Crippen molar-refractivity contribution in [3.05, 3.63) is 52.4 Å². The van der Waals surface area contributed by atoms with Crippen molar-refractivity contribution in [3.8, 4) is 0 Å². The largest absolute Gasteiger partial charge is 0.466 e. The number of amides is 3. The quantitative estimate of drug-likeness (QED) is 0.763. The van der Waals surface area contributed by atoms with E-state index < -0.39 is 0 Å². The lowest BCUT2D eigenvalue weighted by Crippen LogP contribution is -2.31. The molecular formula is C19H24ClN3O3. The predicted octanol–water partition coefficient (Wildman–Crippen LogP) is 4.09. The summed E-state index contributed by atoms with van der Waals surface area (Å²) in [6.07, 6.45) is 0.593. The molecule has 2 rings (SSSR count). The molecule has 1 aromatic carbocycles. The Labute approximate surface area is 158 Å². The van der Waals surface area contributed by atoms with E-state index in [-0.39, 0.29) is 11.9 Å². The number of nitrogens with zero attached hydrogens (tertiary/aromatic N) is 1. The predicted molar refractivity (Wildman–Crippen MR) is 103 cm³/mol. The molecule has 140 valence electrons. The van der Waals surface area contributed by atoms with E-state index in [1.165, 1.54) is 0 Å². The lowest BCUT2D eigenvalue weighted by molar-refractivity contribution is 0.0773. The van der Waals surface area contributed by atoms with E-state index in [1.54, 1.807) is 23.1 Å². The summed E-state index contributed by atoms with van der Waals surface area (Å²) >= 11 is 6.14. The molecule has 0 aliphatic rings. The summed E-state index contributed by atoms with van der Waals surface area (Å²) < 4.78 is 5.45. The molecule has 0 bridgehead atoms. The summed E-state index contributed by atoms with van der Waals surface area (Å²) in [7, 11) is 0. The monoisotopic (exact) mass is 377 g/mol. The number of nitrogens with one attached hydrogen (secondary N) is 2. The number of carbonyl (C=O) groups excluding carboxylic acids is 2. The summed E-state index contributed by atoms with van der Waals surface area (Å²) in [5, 5.41) is 5.81. The number of aryl methyl sites for hydroxylation is 1. The van der Waals surface area contributed by atoms with Crippen LogP contribution in [0.15, 0.2) is 34.7 Å². The first-order chi connectivity index (χ1) is 12.4. The molecule has 0 aliphatic heterocycles. The molecule has 0 unspecified atom stereocenters. The van der Waals surface area contributed by atoms with E-state index in [4.69, 9.17) is 16.0 Å². The van der Waals surface area contributed by atoms with E-state index in [1.807, 2.05) is 32.9 Å². The molecule has 0 saturated heterocycles. The second-order valence-corrected chi connectivity index (χ2v) is 6.22. The minimum atomic E-state index is -0.386. The van der Waals surface area contributed by atoms with Crippen LogP contribution in [0.5, 0.6) is 0 Å². The number of anilines is 1. The Hall–Kier alpha value is -2.47. The highest BCUT2D eigenvalue weighted by Crippen LogP contribution is 2.23. The van der Waals surface area contributed by atoms with Gasteiger partial charge in [-0.15, -0.1) is 0 Å². The van der Waals surface area contributed by atoms with Crippen LogP contribution in [0.2, 0.25) is 5.02 Å². The Morgan fingerprint density at radius 2 is 1.88 bits per heavy atom. The molecule has 1 heterocycles. The van der Waals surface area contributed by atoms with E-state index in [0.29, 0.717) is 42.3 Å². The highest BCUT2D eigenvalue weighted by atomic mass is 35.5. The number of benzene rings is 1. The van der Waals surface area contributed by atoms with Gasteiger partial charge in [-0.2, -0.15) is 0 Å². The number of furan rings is 1. The van der Waals surface area contributed by atoms with E-state index in [2.05, 4.69) is 10.6 Å². The van der Waals surface area contributed by atoms with Gasteiger partial charge in [-0.1, -0.05) is 11.6 Å². The third-order valence-corrected chi connectivity index (χ3v) is 4.29. The molecule has 0 atom stereocenters. The number of halogens is 1. The molecule has 0 fully saturated rings. The van der Waals surface area contributed by atoms with Crippen molar-refractivity contribution in [3.63, 3.8) is 0 Å². The molecule has 26 heavy (non-hydrogen) atoms. The number of hydrogen-bond donors (Lipinski definition) is 2. The van der Waals surface area contributed by atoms with Crippen LogP contribution in [-0.4, -0.2) is 36.5 Å². The molecule has 0 radical (unpaired) electrons. The van der Waals surface area contributed by atoms with E-state index in [0.717, 1.165) is 11.5 Å². The zero-order valence-electron chi connectivity index (χ0n) is 15.3. The fourth-order valence-electron chi connectivity index (χ4n) is 2.53. The molecule has 3 amide bonds. The van der Waals surface area contributed by atoms with Gasteiger partial charge in [0.15, 0.2) is 0 Å². The lowest BCUT2D eigenvalue weighted by Gasteiger charge is -2.19. The zero-order chi connectivity index (χ0) is 19.1. The molecule has 7 heteroatoms. The average molecular weight is 378 g/mol. The first kappa shape index (κ1) is 19.8. The van der Waals surface area contributed by atoms with Crippen LogP contribution in [0, 0.1) is 6.92 Å². The molecule has 0 spiro atoms. The summed E-state index contributed by atoms with van der Waals surface area (Å²) in [4.78, 5) is 26.2. The van der Waals surface area contributed by atoms with Gasteiger partial charge in [-0.3, -0.25) is 4.79 Å². The molecule has 1 aromatic heterocycles. The van der Waals surface area contributed by atoms with Gasteiger partial charge in [-0.05, 0) is 51.1 Å². The zero-order valence-corrected chi connectivity index (χ0v) is 16.0. The van der Waals surface area contributed by atoms with Crippen molar-refractivity contribution in [2.45, 2.75) is 27.2 Å². The molecule has 2 N–H and O–H groups in total. The minimum Gasteiger partial charge on any atom is -0.466 e. The first-order valence-electron chi connectivity index (χ1n) is 8.63. The topological polar surface area (TPSA) is 74.6 Å². The first-order valence-corrected chi connectivity index (χ1v) is 9.01. The SMILES string of the molecule is CCN(CC)C(=O)c1ccc(Cl)c(NC(=O)NCCc2ccc(C)o2)c1. The Morgan fingerprint density at radius 1 is 1.15 bits per heavy atom. The molecule has 2 aromatic rings. The van der Waals surface area contributed by atoms with E-state index >= 15 is 0 Å². The van der Waals surface area contributed by atoms with Crippen LogP contribution in [-0.2, 0) is 6.42 Å². The fraction of sp³-hybridized carbons (Fsp3) is 0.368. The van der Waals surface area contributed by atoms with Gasteiger partial charge in [0.05, 0.1) is 10.7 Å². The fourth-order valence-corrected chi connectivity index (χ4v) is 2.70. The lowest BCUT2D eigenvalue weighted by atomic mass is 10.1. The van der Waals surface area contributed by atoms with Crippen molar-refractivity contribution in [2.24, 2.45) is 0 Å². The van der Waals surface area contributed by atoms with E-state index in [9.17, 15) is 9.59 Å². The summed E-state index contributed by atoms with van der Waals surface area (Å²) in [5.41, 5.74) is 0.885. The highest BCUT2D eigenvalue weighted by molar-refractivity contribution is 6.33. The third kappa shape index (κ3) is 5.26. The standard InChI is InChI=1S/C19H24ClN3O3/c1-4-23(5-2)18(24)14-7-9-16(20)17(12-14)22-19(25)21-11-10-15-8-6-13(3)26-15/h6-9,12H,4-5,10-11H2,1-3H3,(H2,21,22,25). The summed E-state index contributed by atoms with van der Waals surface area (Å²) in [5.74, 6) is 1.56. The van der Waals surface area contributed by atoms with Gasteiger partial charge < -0.3 is 20.0 Å². The maximum absolute atomic E-state index is 12.4. The van der Waals surface area contributed by atoms with Crippen LogP contribution >= 0.6 is 11.6 Å². The van der Waals surface area contributed by atoms with Gasteiger partial charge in [0.25, 0.3) is 5.91 Å². The van der Waals surface area contributed by atoms with Crippen LogP contribution in [0.4, 0.5) is 10.5 Å². The van der Waals surface area contributed by atoms with Gasteiger partial charge in [-0.25, -0.2) is 4.79 Å². The van der Waals surface area contributed by atoms with Gasteiger partial charge >= 0.3 is 6.03 Å². The summed E-state index contributed by atoms with van der Waals surface area (Å²) in [6.45, 7) is 7.38. The molecule has 0 aliphatic carbocycles. The molecular weight excluding hydrogens is 354 g/mol. The van der Waals surface area contributed by atoms with Crippen molar-refractivity contribution < 1.29 is 14.0 Å². The average Bonchev–Trinajstić information content (AvgIpc) is 3.03. The maximum Gasteiger partial charge on any atom is 0.319 e. The van der Waals surface area contributed by atoms with Crippen LogP contribution in [0.25, 0.3) is 0 Å². The normalized spacial score (nSPS) is 10.5. The Morgan fingerprint density at radius 3 is 2.50 bits per heavy atom. The van der Waals surface area contributed by atoms with Gasteiger partial charge in [0.2, 0.25) is 0 Å². The third-order valence-electron chi connectivity index (χ3n) is 3.97. The van der Waals surface area contributed by atoms with Crippen LogP contribution < -0.4 is 10.6 Å². The van der Waals surface area contributed by atoms with Crippen LogP contribution in [0.3, 0.4) is 0 Å². The second-order valence-electron chi connectivity index (χ2n) is 5.82. The second kappa shape index (κ2) is 9.29. The van der Waals surface area contributed by atoms with Crippen molar-refractivity contribution in [1.82, 2.24) is 10.2 Å². The highest BCUT2D eigenvalue weighted by Gasteiger charge is 2.15. The Bertz CT molecular complexity index is 769. The smallest absolute Gasteiger partial charge is 0.319 e. The van der Waals surface area contributed by atoms with Crippen LogP contribution in [0.1, 0.15) is 35.7 Å². The number of hydrogen-bond acceptors (Lipinski definition) is 3. The Kier molecular flexibility index (Phi) is 7.09. The molecule has 0 saturated carbocycles. The molecule has 6 nitrogen and oxygen atoms in total. The van der Waals surface area contributed by atoms with Crippen molar-refractivity contribution >= 4 is 29.2 Å². The number of urea groups is 1. The van der Waals surface area contributed by atoms with Crippen molar-refractivity contribution in [1.29, 1.82) is 0 Å². The van der Waals surface area contributed by atoms with Gasteiger partial charge in [0.1, 0.15) is 11.5 Å².